The van der Waals surface area contributed by atoms with Crippen LogP contribution in [0.15, 0.2) is 49.1 Å². The molecule has 0 spiro atoms. The molecule has 0 fully saturated rings. The number of carbonyl (C=O) groups is 2. The Kier molecular flexibility index (Phi) is 5.96. The molecule has 0 saturated heterocycles. The van der Waals surface area contributed by atoms with Crippen molar-refractivity contribution in [3.05, 3.63) is 54.6 Å². The van der Waals surface area contributed by atoms with Crippen LogP contribution in [0.4, 0.5) is 10.5 Å². The van der Waals surface area contributed by atoms with E-state index in [0.717, 1.165) is 16.7 Å². The van der Waals surface area contributed by atoms with Crippen molar-refractivity contribution in [2.45, 2.75) is 45.8 Å². The Morgan fingerprint density at radius 2 is 2.03 bits per heavy atom. The first kappa shape index (κ1) is 20.5. The van der Waals surface area contributed by atoms with Gasteiger partial charge in [0.15, 0.2) is 0 Å². The number of aromatic nitrogens is 2. The van der Waals surface area contributed by atoms with Crippen molar-refractivity contribution in [3.63, 3.8) is 0 Å². The molecule has 3 rings (SSSR count). The summed E-state index contributed by atoms with van der Waals surface area (Å²) in [5, 5.41) is 5.86. The average Bonchev–Trinajstić information content (AvgIpc) is 2.65. The number of hydrogen-bond acceptors (Lipinski definition) is 5. The van der Waals surface area contributed by atoms with Gasteiger partial charge >= 0.3 is 6.09 Å². The summed E-state index contributed by atoms with van der Waals surface area (Å²) in [5.41, 5.74) is 2.52. The Hall–Kier alpha value is -3.22. The van der Waals surface area contributed by atoms with Crippen molar-refractivity contribution in [1.82, 2.24) is 15.3 Å². The zero-order valence-corrected chi connectivity index (χ0v) is 17.1. The third-order valence-corrected chi connectivity index (χ3v) is 4.45. The van der Waals surface area contributed by atoms with Crippen LogP contribution in [-0.2, 0) is 9.53 Å². The molecule has 2 amide bonds. The van der Waals surface area contributed by atoms with E-state index in [9.17, 15) is 9.59 Å². The number of fused-ring (bicyclic) bond motifs is 4. The maximum absolute atomic E-state index is 12.5. The standard InChI is InChI=1S/C22H26N4O3/c1-14-6-5-7-18(26-21(28)29-22(2,3)4)16-10-15(11-24-12-16)17-8-9-23-13-19(17)25-20(14)27/h5-6,8-14,18H,7H2,1-4H3,(H,25,27)(H,26,28)/b6-5+/t14-,18+/m1/s1. The van der Waals surface area contributed by atoms with E-state index >= 15 is 0 Å². The quantitative estimate of drug-likeness (QED) is 0.706. The first-order chi connectivity index (χ1) is 13.7. The molecule has 2 aromatic rings. The van der Waals surface area contributed by atoms with Crippen molar-refractivity contribution in [3.8, 4) is 11.1 Å². The molecule has 2 bridgehead atoms. The number of hydrogen-bond donors (Lipinski definition) is 2. The second-order valence-electron chi connectivity index (χ2n) is 8.07. The molecule has 29 heavy (non-hydrogen) atoms. The van der Waals surface area contributed by atoms with Crippen molar-refractivity contribution in [2.24, 2.45) is 5.92 Å². The predicted octanol–water partition coefficient (Wildman–Crippen LogP) is 4.24. The molecule has 7 heteroatoms. The number of rotatable bonds is 1. The molecule has 1 aliphatic heterocycles. The normalized spacial score (nSPS) is 20.3. The molecule has 0 aromatic carbocycles. The lowest BCUT2D eigenvalue weighted by atomic mass is 9.98. The van der Waals surface area contributed by atoms with Crippen molar-refractivity contribution in [1.29, 1.82) is 0 Å². The smallest absolute Gasteiger partial charge is 0.408 e. The van der Waals surface area contributed by atoms with Gasteiger partial charge in [0, 0.05) is 29.7 Å². The summed E-state index contributed by atoms with van der Waals surface area (Å²) in [6, 6.07) is 3.45. The number of pyridine rings is 2. The number of nitrogens with zero attached hydrogens (tertiary/aromatic N) is 2. The first-order valence-electron chi connectivity index (χ1n) is 9.59. The minimum Gasteiger partial charge on any atom is -0.444 e. The SMILES string of the molecule is C[C@@H]1/C=C/C[C@H](NC(=O)OC(C)(C)C)c2cncc(c2)-c2ccncc2NC1=O. The summed E-state index contributed by atoms with van der Waals surface area (Å²) in [7, 11) is 0. The molecule has 3 heterocycles. The van der Waals surface area contributed by atoms with E-state index in [-0.39, 0.29) is 17.9 Å². The largest absolute Gasteiger partial charge is 0.444 e. The van der Waals surface area contributed by atoms with E-state index in [1.165, 1.54) is 0 Å². The summed E-state index contributed by atoms with van der Waals surface area (Å²) >= 11 is 0. The molecule has 1 aliphatic rings. The van der Waals surface area contributed by atoms with Crippen LogP contribution < -0.4 is 10.6 Å². The number of ether oxygens (including phenoxy) is 1. The molecule has 152 valence electrons. The summed E-state index contributed by atoms with van der Waals surface area (Å²) in [5.74, 6) is -0.460. The Labute approximate surface area is 170 Å². The number of nitrogens with one attached hydrogen (secondary N) is 2. The van der Waals surface area contributed by atoms with Gasteiger partial charge in [-0.3, -0.25) is 14.8 Å². The van der Waals surface area contributed by atoms with Gasteiger partial charge in [0.05, 0.1) is 23.8 Å². The van der Waals surface area contributed by atoms with E-state index in [4.69, 9.17) is 4.74 Å². The maximum atomic E-state index is 12.5. The van der Waals surface area contributed by atoms with E-state index in [1.54, 1.807) is 24.8 Å². The van der Waals surface area contributed by atoms with Gasteiger partial charge in [-0.1, -0.05) is 19.1 Å². The Bertz CT molecular complexity index is 934. The fourth-order valence-corrected chi connectivity index (χ4v) is 3.02. The van der Waals surface area contributed by atoms with Gasteiger partial charge in [-0.05, 0) is 44.9 Å². The summed E-state index contributed by atoms with van der Waals surface area (Å²) in [6.07, 6.45) is 10.5. The van der Waals surface area contributed by atoms with E-state index in [0.29, 0.717) is 12.1 Å². The van der Waals surface area contributed by atoms with Gasteiger partial charge in [0.2, 0.25) is 5.91 Å². The Morgan fingerprint density at radius 3 is 2.79 bits per heavy atom. The van der Waals surface area contributed by atoms with Crippen LogP contribution in [0.5, 0.6) is 0 Å². The van der Waals surface area contributed by atoms with E-state index < -0.39 is 11.7 Å². The van der Waals surface area contributed by atoms with E-state index in [2.05, 4.69) is 20.6 Å². The highest BCUT2D eigenvalue weighted by Crippen LogP contribution is 2.30. The van der Waals surface area contributed by atoms with Crippen molar-refractivity contribution in [2.75, 3.05) is 5.32 Å². The summed E-state index contributed by atoms with van der Waals surface area (Å²) in [4.78, 5) is 33.4. The van der Waals surface area contributed by atoms with Crippen LogP contribution in [-0.4, -0.2) is 27.6 Å². The topological polar surface area (TPSA) is 93.2 Å². The number of anilines is 1. The zero-order chi connectivity index (χ0) is 21.0. The van der Waals surface area contributed by atoms with Crippen LogP contribution in [0, 0.1) is 5.92 Å². The maximum Gasteiger partial charge on any atom is 0.408 e. The van der Waals surface area contributed by atoms with Crippen LogP contribution in [0.1, 0.15) is 45.7 Å². The van der Waals surface area contributed by atoms with Gasteiger partial charge in [-0.15, -0.1) is 0 Å². The lowest BCUT2D eigenvalue weighted by molar-refractivity contribution is -0.118. The second kappa shape index (κ2) is 8.43. The minimum absolute atomic E-state index is 0.128. The predicted molar refractivity (Wildman–Crippen MR) is 111 cm³/mol. The highest BCUT2D eigenvalue weighted by atomic mass is 16.6. The lowest BCUT2D eigenvalue weighted by Crippen LogP contribution is -2.35. The molecule has 7 nitrogen and oxygen atoms in total. The second-order valence-corrected chi connectivity index (χ2v) is 8.07. The van der Waals surface area contributed by atoms with Gasteiger partial charge < -0.3 is 15.4 Å². The fourth-order valence-electron chi connectivity index (χ4n) is 3.02. The van der Waals surface area contributed by atoms with E-state index in [1.807, 2.05) is 52.0 Å². The molecule has 0 unspecified atom stereocenters. The molecule has 0 aliphatic carbocycles. The Balaban J connectivity index is 2.01. The third kappa shape index (κ3) is 5.40. The average molecular weight is 394 g/mol. The van der Waals surface area contributed by atoms with Gasteiger partial charge in [0.25, 0.3) is 0 Å². The number of amides is 2. The number of carbonyl (C=O) groups excluding carboxylic acids is 2. The third-order valence-electron chi connectivity index (χ3n) is 4.45. The summed E-state index contributed by atoms with van der Waals surface area (Å²) in [6.45, 7) is 7.29. The molecule has 2 N–H and O–H groups in total. The minimum atomic E-state index is -0.593. The fraction of sp³-hybridized carbons (Fsp3) is 0.364. The van der Waals surface area contributed by atoms with Crippen molar-refractivity contribution < 1.29 is 14.3 Å². The molecular formula is C22H26N4O3. The van der Waals surface area contributed by atoms with Crippen LogP contribution in [0.25, 0.3) is 11.1 Å². The number of alkyl carbamates (subject to hydrolysis) is 1. The zero-order valence-electron chi connectivity index (χ0n) is 17.1. The van der Waals surface area contributed by atoms with Crippen LogP contribution >= 0.6 is 0 Å². The van der Waals surface area contributed by atoms with Crippen molar-refractivity contribution >= 4 is 17.7 Å². The van der Waals surface area contributed by atoms with Gasteiger partial charge in [0.1, 0.15) is 5.60 Å². The highest BCUT2D eigenvalue weighted by molar-refractivity contribution is 5.97. The molecule has 0 saturated carbocycles. The first-order valence-corrected chi connectivity index (χ1v) is 9.59. The molecule has 2 aromatic heterocycles. The molecule has 2 atom stereocenters. The summed E-state index contributed by atoms with van der Waals surface area (Å²) < 4.78 is 5.41. The van der Waals surface area contributed by atoms with Gasteiger partial charge in [-0.2, -0.15) is 0 Å². The highest BCUT2D eigenvalue weighted by Gasteiger charge is 2.22. The van der Waals surface area contributed by atoms with Crippen LogP contribution in [0.3, 0.4) is 0 Å². The monoisotopic (exact) mass is 394 g/mol. The lowest BCUT2D eigenvalue weighted by Gasteiger charge is -2.24. The van der Waals surface area contributed by atoms with Crippen LogP contribution in [0.2, 0.25) is 0 Å². The van der Waals surface area contributed by atoms with Gasteiger partial charge in [-0.25, -0.2) is 4.79 Å². The molecule has 0 radical (unpaired) electrons. The Morgan fingerprint density at radius 1 is 1.24 bits per heavy atom. The molecular weight excluding hydrogens is 368 g/mol.